The first-order valence-electron chi connectivity index (χ1n) is 7.71. The van der Waals surface area contributed by atoms with Gasteiger partial charge < -0.3 is 14.3 Å². The minimum absolute atomic E-state index is 0.0863. The number of thioether (sulfide) groups is 1. The van der Waals surface area contributed by atoms with E-state index in [0.29, 0.717) is 34.3 Å². The molecule has 7 nitrogen and oxygen atoms in total. The number of aromatic amines is 1. The Bertz CT molecular complexity index is 779. The maximum atomic E-state index is 12.8. The van der Waals surface area contributed by atoms with E-state index >= 15 is 0 Å². The molecular weight excluding hydrogens is 328 g/mol. The highest BCUT2D eigenvalue weighted by molar-refractivity contribution is 8.00. The number of ketones is 1. The number of aryl methyl sites for hydroxylation is 2. The molecule has 0 saturated heterocycles. The Morgan fingerprint density at radius 1 is 1.29 bits per heavy atom. The van der Waals surface area contributed by atoms with Crippen LogP contribution in [0, 0.1) is 20.8 Å². The van der Waals surface area contributed by atoms with Crippen LogP contribution < -0.4 is 0 Å². The van der Waals surface area contributed by atoms with E-state index < -0.39 is 5.97 Å². The standard InChI is InChI=1S/C16H22N4O3S/c1-7-23-15(22)12-8(2)13(17-9(12)3)14(21)10(4)24-16-19-18-11(5)20(16)6/h10,17H,7H2,1-6H3/t10-/m1/s1. The minimum atomic E-state index is -0.410. The van der Waals surface area contributed by atoms with Gasteiger partial charge >= 0.3 is 5.97 Å². The lowest BCUT2D eigenvalue weighted by Crippen LogP contribution is -2.16. The van der Waals surface area contributed by atoms with Crippen LogP contribution in [0.4, 0.5) is 0 Å². The molecule has 0 spiro atoms. The Labute approximate surface area is 145 Å². The van der Waals surface area contributed by atoms with Gasteiger partial charge in [0.25, 0.3) is 0 Å². The number of esters is 1. The van der Waals surface area contributed by atoms with Crippen molar-refractivity contribution in [3.63, 3.8) is 0 Å². The fraction of sp³-hybridized carbons (Fsp3) is 0.500. The summed E-state index contributed by atoms with van der Waals surface area (Å²) >= 11 is 1.34. The van der Waals surface area contributed by atoms with Gasteiger partial charge in [0.2, 0.25) is 0 Å². The van der Waals surface area contributed by atoms with Crippen molar-refractivity contribution in [1.82, 2.24) is 19.7 Å². The second-order valence-electron chi connectivity index (χ2n) is 5.56. The number of carbonyl (C=O) groups is 2. The molecule has 0 aliphatic heterocycles. The lowest BCUT2D eigenvalue weighted by atomic mass is 10.1. The average molecular weight is 350 g/mol. The molecule has 0 radical (unpaired) electrons. The van der Waals surface area contributed by atoms with E-state index in [1.54, 1.807) is 20.8 Å². The number of nitrogens with zero attached hydrogens (tertiary/aromatic N) is 3. The molecule has 2 aromatic rings. The highest BCUT2D eigenvalue weighted by Crippen LogP contribution is 2.27. The van der Waals surface area contributed by atoms with Crippen LogP contribution in [-0.4, -0.2) is 43.4 Å². The first-order valence-corrected chi connectivity index (χ1v) is 8.59. The maximum absolute atomic E-state index is 12.8. The fourth-order valence-corrected chi connectivity index (χ4v) is 3.33. The Balaban J connectivity index is 2.25. The number of rotatable bonds is 6. The first kappa shape index (κ1) is 18.3. The molecule has 0 unspecified atom stereocenters. The largest absolute Gasteiger partial charge is 0.462 e. The molecule has 0 fully saturated rings. The molecule has 0 aromatic carbocycles. The summed E-state index contributed by atoms with van der Waals surface area (Å²) in [5.41, 5.74) is 2.14. The second-order valence-corrected chi connectivity index (χ2v) is 6.87. The molecule has 2 heterocycles. The lowest BCUT2D eigenvalue weighted by molar-refractivity contribution is 0.0525. The predicted molar refractivity (Wildman–Crippen MR) is 91.6 cm³/mol. The Morgan fingerprint density at radius 2 is 1.96 bits per heavy atom. The van der Waals surface area contributed by atoms with Gasteiger partial charge in [-0.15, -0.1) is 10.2 Å². The second kappa shape index (κ2) is 7.21. The first-order chi connectivity index (χ1) is 11.3. The molecular formula is C16H22N4O3S. The number of carbonyl (C=O) groups excluding carboxylic acids is 2. The number of ether oxygens (including phenoxy) is 1. The van der Waals surface area contributed by atoms with Crippen LogP contribution in [0.25, 0.3) is 0 Å². The summed E-state index contributed by atoms with van der Waals surface area (Å²) in [6.07, 6.45) is 0. The van der Waals surface area contributed by atoms with Gasteiger partial charge in [0.05, 0.1) is 23.1 Å². The molecule has 130 valence electrons. The molecule has 0 bridgehead atoms. The van der Waals surface area contributed by atoms with E-state index in [-0.39, 0.29) is 11.0 Å². The SMILES string of the molecule is CCOC(=O)c1c(C)[nH]c(C(=O)[C@@H](C)Sc2nnc(C)n2C)c1C. The van der Waals surface area contributed by atoms with E-state index in [9.17, 15) is 9.59 Å². The van der Waals surface area contributed by atoms with Crippen LogP contribution >= 0.6 is 11.8 Å². The molecule has 24 heavy (non-hydrogen) atoms. The maximum Gasteiger partial charge on any atom is 0.340 e. The summed E-state index contributed by atoms with van der Waals surface area (Å²) in [5, 5.41) is 8.38. The van der Waals surface area contributed by atoms with Gasteiger partial charge in [-0.3, -0.25) is 4.79 Å². The molecule has 0 amide bonds. The van der Waals surface area contributed by atoms with Crippen LogP contribution in [0.15, 0.2) is 5.16 Å². The molecule has 8 heteroatoms. The summed E-state index contributed by atoms with van der Waals surface area (Å²) in [6.45, 7) is 9.24. The minimum Gasteiger partial charge on any atom is -0.462 e. The molecule has 0 aliphatic carbocycles. The van der Waals surface area contributed by atoms with Crippen LogP contribution in [0.2, 0.25) is 0 Å². The van der Waals surface area contributed by atoms with Crippen molar-refractivity contribution in [2.75, 3.05) is 6.61 Å². The van der Waals surface area contributed by atoms with E-state index in [1.165, 1.54) is 11.8 Å². The van der Waals surface area contributed by atoms with Crippen molar-refractivity contribution in [3.8, 4) is 0 Å². The number of H-pyrrole nitrogens is 1. The fourth-order valence-electron chi connectivity index (χ4n) is 2.41. The zero-order chi connectivity index (χ0) is 18.0. The van der Waals surface area contributed by atoms with E-state index in [4.69, 9.17) is 4.74 Å². The van der Waals surface area contributed by atoms with Gasteiger partial charge in [0, 0.05) is 12.7 Å². The quantitative estimate of drug-likeness (QED) is 0.489. The third-order valence-corrected chi connectivity index (χ3v) is 5.00. The van der Waals surface area contributed by atoms with Gasteiger partial charge in [-0.25, -0.2) is 4.79 Å². The number of Topliss-reactive ketones (excluding diaryl/α,β-unsaturated/α-hetero) is 1. The van der Waals surface area contributed by atoms with E-state index in [2.05, 4.69) is 15.2 Å². The highest BCUT2D eigenvalue weighted by atomic mass is 32.2. The summed E-state index contributed by atoms with van der Waals surface area (Å²) in [6, 6.07) is 0. The summed E-state index contributed by atoms with van der Waals surface area (Å²) < 4.78 is 6.90. The van der Waals surface area contributed by atoms with Crippen LogP contribution in [0.5, 0.6) is 0 Å². The molecule has 0 aliphatic rings. The predicted octanol–water partition coefficient (Wildman–Crippen LogP) is 2.61. The number of nitrogens with one attached hydrogen (secondary N) is 1. The van der Waals surface area contributed by atoms with Gasteiger partial charge in [-0.05, 0) is 40.2 Å². The molecule has 2 aromatic heterocycles. The lowest BCUT2D eigenvalue weighted by Gasteiger charge is -2.09. The Morgan fingerprint density at radius 3 is 2.50 bits per heavy atom. The summed E-state index contributed by atoms with van der Waals surface area (Å²) in [4.78, 5) is 27.9. The third kappa shape index (κ3) is 3.38. The van der Waals surface area contributed by atoms with Crippen molar-refractivity contribution in [3.05, 3.63) is 28.3 Å². The number of aromatic nitrogens is 4. The monoisotopic (exact) mass is 350 g/mol. The van der Waals surface area contributed by atoms with Gasteiger partial charge in [0.1, 0.15) is 5.82 Å². The smallest absolute Gasteiger partial charge is 0.340 e. The van der Waals surface area contributed by atoms with Crippen LogP contribution in [-0.2, 0) is 11.8 Å². The summed E-state index contributed by atoms with van der Waals surface area (Å²) in [7, 11) is 1.86. The Hall–Kier alpha value is -2.09. The average Bonchev–Trinajstić information content (AvgIpc) is 3.00. The van der Waals surface area contributed by atoms with Gasteiger partial charge in [-0.2, -0.15) is 0 Å². The molecule has 0 saturated carbocycles. The van der Waals surface area contributed by atoms with E-state index in [1.807, 2.05) is 25.5 Å². The van der Waals surface area contributed by atoms with Crippen molar-refractivity contribution in [1.29, 1.82) is 0 Å². The number of hydrogen-bond donors (Lipinski definition) is 1. The van der Waals surface area contributed by atoms with Crippen molar-refractivity contribution in [2.45, 2.75) is 45.0 Å². The number of hydrogen-bond acceptors (Lipinski definition) is 6. The van der Waals surface area contributed by atoms with Gasteiger partial charge in [0.15, 0.2) is 10.9 Å². The van der Waals surface area contributed by atoms with Crippen molar-refractivity contribution < 1.29 is 14.3 Å². The zero-order valence-corrected chi connectivity index (χ0v) is 15.6. The van der Waals surface area contributed by atoms with E-state index in [0.717, 1.165) is 5.82 Å². The topological polar surface area (TPSA) is 89.9 Å². The van der Waals surface area contributed by atoms with Crippen LogP contribution in [0.1, 0.15) is 51.8 Å². The van der Waals surface area contributed by atoms with Crippen molar-refractivity contribution >= 4 is 23.5 Å². The van der Waals surface area contributed by atoms with Crippen LogP contribution in [0.3, 0.4) is 0 Å². The summed E-state index contributed by atoms with van der Waals surface area (Å²) in [5.74, 6) is 0.289. The zero-order valence-electron chi connectivity index (χ0n) is 14.8. The highest BCUT2D eigenvalue weighted by Gasteiger charge is 2.27. The molecule has 1 N–H and O–H groups in total. The van der Waals surface area contributed by atoms with Crippen molar-refractivity contribution in [2.24, 2.45) is 7.05 Å². The Kier molecular flexibility index (Phi) is 5.48. The van der Waals surface area contributed by atoms with Gasteiger partial charge in [-0.1, -0.05) is 11.8 Å². The third-order valence-electron chi connectivity index (χ3n) is 3.87. The molecule has 1 atom stereocenters. The molecule has 2 rings (SSSR count). The normalized spacial score (nSPS) is 12.2.